The zero-order valence-electron chi connectivity index (χ0n) is 12.9. The number of fused-ring (bicyclic) bond motifs is 3. The number of rotatable bonds is 3. The van der Waals surface area contributed by atoms with Crippen molar-refractivity contribution in [1.29, 1.82) is 0 Å². The van der Waals surface area contributed by atoms with Gasteiger partial charge in [-0.25, -0.2) is 0 Å². The zero-order valence-corrected chi connectivity index (χ0v) is 12.9. The predicted molar refractivity (Wildman–Crippen MR) is 84.9 cm³/mol. The molecule has 0 radical (unpaired) electrons. The van der Waals surface area contributed by atoms with Gasteiger partial charge in [0.05, 0.1) is 0 Å². The minimum atomic E-state index is -0.255. The summed E-state index contributed by atoms with van der Waals surface area (Å²) in [4.78, 5) is 12.3. The van der Waals surface area contributed by atoms with Gasteiger partial charge in [-0.2, -0.15) is 0 Å². The molecule has 0 saturated heterocycles. The minimum absolute atomic E-state index is 0.255. The first-order chi connectivity index (χ1) is 10.8. The molecular weight excluding hydrogens is 274 g/mol. The normalized spacial score (nSPS) is 30.7. The average molecular weight is 297 g/mol. The number of carbonyl (C=O) groups excluding carboxylic acids is 1. The summed E-state index contributed by atoms with van der Waals surface area (Å²) >= 11 is 0. The number of carbonyl (C=O) groups is 1. The molecule has 1 aromatic rings. The van der Waals surface area contributed by atoms with Crippen molar-refractivity contribution in [2.75, 3.05) is 0 Å². The molecule has 0 aromatic heterocycles. The highest BCUT2D eigenvalue weighted by molar-refractivity contribution is 5.97. The van der Waals surface area contributed by atoms with Crippen LogP contribution in [0.1, 0.15) is 50.5 Å². The van der Waals surface area contributed by atoms with Gasteiger partial charge in [-0.05, 0) is 30.7 Å². The molecule has 1 aromatic carbocycles. The Kier molecular flexibility index (Phi) is 3.53. The summed E-state index contributed by atoms with van der Waals surface area (Å²) in [6, 6.07) is 10.5. The van der Waals surface area contributed by atoms with Crippen LogP contribution in [0, 0.1) is 5.92 Å². The first-order valence-electron chi connectivity index (χ1n) is 8.50. The molecule has 3 heteroatoms. The van der Waals surface area contributed by atoms with Crippen molar-refractivity contribution in [2.45, 2.75) is 57.2 Å². The second kappa shape index (κ2) is 5.54. The molecule has 0 amide bonds. The van der Waals surface area contributed by atoms with Gasteiger partial charge in [0.2, 0.25) is 0 Å². The summed E-state index contributed by atoms with van der Waals surface area (Å²) in [6.45, 7) is 0.824. The molecule has 4 rings (SSSR count). The monoisotopic (exact) mass is 297 g/mol. The number of ether oxygens (including phenoxy) is 1. The summed E-state index contributed by atoms with van der Waals surface area (Å²) in [5.74, 6) is 1.74. The fourth-order valence-electron chi connectivity index (χ4n) is 4.26. The van der Waals surface area contributed by atoms with Crippen molar-refractivity contribution in [1.82, 2.24) is 5.32 Å². The fourth-order valence-corrected chi connectivity index (χ4v) is 4.26. The quantitative estimate of drug-likeness (QED) is 0.924. The number of benzene rings is 1. The van der Waals surface area contributed by atoms with Crippen LogP contribution in [0.25, 0.3) is 0 Å². The van der Waals surface area contributed by atoms with Crippen LogP contribution in [0.5, 0.6) is 0 Å². The van der Waals surface area contributed by atoms with Crippen LogP contribution in [-0.4, -0.2) is 11.5 Å². The lowest BCUT2D eigenvalue weighted by Gasteiger charge is -2.48. The van der Waals surface area contributed by atoms with Crippen molar-refractivity contribution >= 4 is 5.78 Å². The van der Waals surface area contributed by atoms with Crippen molar-refractivity contribution < 1.29 is 9.53 Å². The molecular formula is C19H23NO2. The van der Waals surface area contributed by atoms with Gasteiger partial charge in [-0.15, -0.1) is 0 Å². The molecule has 0 spiro atoms. The standard InChI is InChI=1S/C19H23NO2/c21-16-9-4-10-17-18(16)15-8-5-11-19(12-15,22-17)20-13-14-6-2-1-3-7-14/h1-3,6-7,15,20H,4-5,8-13H2/t15-,19+/m1/s1. The number of allylic oxidation sites excluding steroid dienone is 2. The van der Waals surface area contributed by atoms with E-state index >= 15 is 0 Å². The maximum atomic E-state index is 12.3. The number of nitrogens with one attached hydrogen (secondary N) is 1. The second-order valence-electron chi connectivity index (χ2n) is 6.84. The summed E-state index contributed by atoms with van der Waals surface area (Å²) in [5.41, 5.74) is 2.06. The van der Waals surface area contributed by atoms with E-state index in [-0.39, 0.29) is 5.72 Å². The number of ketones is 1. The van der Waals surface area contributed by atoms with E-state index in [9.17, 15) is 4.79 Å². The molecule has 1 aliphatic heterocycles. The third-order valence-electron chi connectivity index (χ3n) is 5.30. The summed E-state index contributed by atoms with van der Waals surface area (Å²) in [6.07, 6.45) is 6.86. The predicted octanol–water partition coefficient (Wildman–Crippen LogP) is 3.70. The van der Waals surface area contributed by atoms with E-state index in [0.29, 0.717) is 18.1 Å². The van der Waals surface area contributed by atoms with E-state index < -0.39 is 0 Å². The smallest absolute Gasteiger partial charge is 0.162 e. The van der Waals surface area contributed by atoms with E-state index in [1.165, 1.54) is 5.56 Å². The molecule has 1 saturated carbocycles. The van der Waals surface area contributed by atoms with Crippen LogP contribution in [0.4, 0.5) is 0 Å². The Hall–Kier alpha value is -1.61. The average Bonchev–Trinajstić information content (AvgIpc) is 2.54. The highest BCUT2D eigenvalue weighted by atomic mass is 16.5. The molecule has 3 aliphatic rings. The van der Waals surface area contributed by atoms with E-state index in [2.05, 4.69) is 29.6 Å². The second-order valence-corrected chi connectivity index (χ2v) is 6.84. The Morgan fingerprint density at radius 3 is 2.91 bits per heavy atom. The zero-order chi connectivity index (χ0) is 15.0. The maximum absolute atomic E-state index is 12.3. The minimum Gasteiger partial charge on any atom is -0.477 e. The van der Waals surface area contributed by atoms with Crippen molar-refractivity contribution in [2.24, 2.45) is 5.92 Å². The van der Waals surface area contributed by atoms with Gasteiger partial charge in [0, 0.05) is 37.8 Å². The van der Waals surface area contributed by atoms with Gasteiger partial charge in [0.15, 0.2) is 11.5 Å². The van der Waals surface area contributed by atoms with Gasteiger partial charge < -0.3 is 4.74 Å². The summed E-state index contributed by atoms with van der Waals surface area (Å²) in [7, 11) is 0. The van der Waals surface area contributed by atoms with Crippen molar-refractivity contribution in [3.8, 4) is 0 Å². The van der Waals surface area contributed by atoms with Gasteiger partial charge in [0.1, 0.15) is 5.76 Å². The summed E-state index contributed by atoms with van der Waals surface area (Å²) in [5, 5.41) is 3.66. The van der Waals surface area contributed by atoms with E-state index in [4.69, 9.17) is 4.74 Å². The van der Waals surface area contributed by atoms with Crippen LogP contribution in [0.3, 0.4) is 0 Å². The van der Waals surface area contributed by atoms with Crippen LogP contribution < -0.4 is 5.32 Å². The topological polar surface area (TPSA) is 38.3 Å². The Morgan fingerprint density at radius 2 is 2.05 bits per heavy atom. The van der Waals surface area contributed by atoms with E-state index in [1.54, 1.807) is 0 Å². The number of hydrogen-bond acceptors (Lipinski definition) is 3. The van der Waals surface area contributed by atoms with Crippen LogP contribution in [0.2, 0.25) is 0 Å². The molecule has 116 valence electrons. The fraction of sp³-hybridized carbons (Fsp3) is 0.526. The van der Waals surface area contributed by atoms with Gasteiger partial charge in [-0.3, -0.25) is 10.1 Å². The largest absolute Gasteiger partial charge is 0.477 e. The molecule has 3 nitrogen and oxygen atoms in total. The van der Waals surface area contributed by atoms with Gasteiger partial charge in [-0.1, -0.05) is 30.3 Å². The van der Waals surface area contributed by atoms with E-state index in [1.807, 2.05) is 6.07 Å². The lowest BCUT2D eigenvalue weighted by molar-refractivity contribution is -0.124. The molecule has 22 heavy (non-hydrogen) atoms. The first kappa shape index (κ1) is 14.0. The molecule has 1 fully saturated rings. The van der Waals surface area contributed by atoms with Crippen LogP contribution >= 0.6 is 0 Å². The third kappa shape index (κ3) is 2.48. The van der Waals surface area contributed by atoms with Gasteiger partial charge >= 0.3 is 0 Å². The van der Waals surface area contributed by atoms with E-state index in [0.717, 1.165) is 56.4 Å². The third-order valence-corrected chi connectivity index (χ3v) is 5.30. The Labute approximate surface area is 131 Å². The maximum Gasteiger partial charge on any atom is 0.162 e. The molecule has 2 atom stereocenters. The SMILES string of the molecule is O=C1CCCC2=C1[C@@H]1CCC[C@@](NCc3ccccc3)(C1)O2. The molecule has 1 heterocycles. The molecule has 2 bridgehead atoms. The van der Waals surface area contributed by atoms with Crippen LogP contribution in [-0.2, 0) is 16.1 Å². The van der Waals surface area contributed by atoms with Crippen LogP contribution in [0.15, 0.2) is 41.7 Å². The Balaban J connectivity index is 1.56. The Morgan fingerprint density at radius 1 is 1.18 bits per heavy atom. The lowest BCUT2D eigenvalue weighted by Crippen LogP contribution is -2.54. The highest BCUT2D eigenvalue weighted by Gasteiger charge is 2.46. The van der Waals surface area contributed by atoms with Crippen molar-refractivity contribution in [3.05, 3.63) is 47.2 Å². The lowest BCUT2D eigenvalue weighted by atomic mass is 9.73. The summed E-state index contributed by atoms with van der Waals surface area (Å²) < 4.78 is 6.39. The van der Waals surface area contributed by atoms with Crippen molar-refractivity contribution in [3.63, 3.8) is 0 Å². The number of Topliss-reactive ketones (excluding diaryl/α,β-unsaturated/α-hetero) is 1. The molecule has 0 unspecified atom stereocenters. The highest BCUT2D eigenvalue weighted by Crippen LogP contribution is 2.47. The Bertz CT molecular complexity index is 607. The number of hydrogen-bond donors (Lipinski definition) is 1. The van der Waals surface area contributed by atoms with Gasteiger partial charge in [0.25, 0.3) is 0 Å². The molecule has 1 N–H and O–H groups in total. The molecule has 2 aliphatic carbocycles. The first-order valence-corrected chi connectivity index (χ1v) is 8.50.